The van der Waals surface area contributed by atoms with E-state index in [1.54, 1.807) is 25.4 Å². The summed E-state index contributed by atoms with van der Waals surface area (Å²) >= 11 is 1.59. The lowest BCUT2D eigenvalue weighted by Crippen LogP contribution is -1.95. The number of Topliss-reactive ketones (excluding diaryl/α,β-unsaturated/α-hetero) is 1. The molecular formula is C19H21N3O2S. The summed E-state index contributed by atoms with van der Waals surface area (Å²) in [6.45, 7) is 7.52. The van der Waals surface area contributed by atoms with Gasteiger partial charge in [-0.15, -0.1) is 11.3 Å². The van der Waals surface area contributed by atoms with Gasteiger partial charge < -0.3 is 15.0 Å². The van der Waals surface area contributed by atoms with Crippen molar-refractivity contribution in [1.82, 2.24) is 9.97 Å². The predicted octanol–water partition coefficient (Wildman–Crippen LogP) is 5.02. The first-order valence-electron chi connectivity index (χ1n) is 7.99. The Morgan fingerprint density at radius 3 is 2.44 bits per heavy atom. The number of hydrogen-bond acceptors (Lipinski definition) is 5. The van der Waals surface area contributed by atoms with Gasteiger partial charge in [-0.1, -0.05) is 0 Å². The lowest BCUT2D eigenvalue weighted by molar-refractivity contribution is 0.101. The van der Waals surface area contributed by atoms with Gasteiger partial charge in [0.05, 0.1) is 12.8 Å². The number of aryl methyl sites for hydroxylation is 2. The van der Waals surface area contributed by atoms with E-state index in [-0.39, 0.29) is 5.78 Å². The first kappa shape index (κ1) is 17.2. The lowest BCUT2D eigenvalue weighted by atomic mass is 10.1. The van der Waals surface area contributed by atoms with Gasteiger partial charge in [-0.3, -0.25) is 4.79 Å². The number of ether oxygens (including phenoxy) is 1. The number of benzene rings is 1. The Morgan fingerprint density at radius 1 is 1.20 bits per heavy atom. The average Bonchev–Trinajstić information content (AvgIpc) is 3.07. The average molecular weight is 355 g/mol. The van der Waals surface area contributed by atoms with Crippen molar-refractivity contribution in [1.29, 1.82) is 0 Å². The maximum atomic E-state index is 11.9. The molecule has 0 spiro atoms. The highest BCUT2D eigenvalue weighted by molar-refractivity contribution is 7.16. The van der Waals surface area contributed by atoms with E-state index in [0.29, 0.717) is 0 Å². The number of thiazole rings is 1. The highest BCUT2D eigenvalue weighted by Crippen LogP contribution is 2.35. The predicted molar refractivity (Wildman–Crippen MR) is 102 cm³/mol. The lowest BCUT2D eigenvalue weighted by Gasteiger charge is -2.04. The molecule has 0 aliphatic carbocycles. The van der Waals surface area contributed by atoms with Gasteiger partial charge in [-0.2, -0.15) is 0 Å². The van der Waals surface area contributed by atoms with Gasteiger partial charge in [-0.05, 0) is 57.5 Å². The molecule has 130 valence electrons. The van der Waals surface area contributed by atoms with Crippen molar-refractivity contribution < 1.29 is 9.53 Å². The number of methoxy groups -OCH3 is 1. The summed E-state index contributed by atoms with van der Waals surface area (Å²) in [5, 5.41) is 4.13. The Kier molecular flexibility index (Phi) is 4.63. The molecule has 0 aliphatic heterocycles. The molecular weight excluding hydrogens is 334 g/mol. The van der Waals surface area contributed by atoms with E-state index >= 15 is 0 Å². The van der Waals surface area contributed by atoms with Gasteiger partial charge in [0.2, 0.25) is 0 Å². The minimum atomic E-state index is 0.0713. The Bertz CT molecular complexity index is 923. The molecule has 2 heterocycles. The molecule has 2 aromatic heterocycles. The topological polar surface area (TPSA) is 67.0 Å². The number of nitrogens with zero attached hydrogens (tertiary/aromatic N) is 1. The maximum absolute atomic E-state index is 11.9. The Labute approximate surface area is 151 Å². The minimum absolute atomic E-state index is 0.0713. The Morgan fingerprint density at radius 2 is 1.88 bits per heavy atom. The smallest absolute Gasteiger partial charge is 0.188 e. The quantitative estimate of drug-likeness (QED) is 0.631. The molecule has 0 atom stereocenters. The van der Waals surface area contributed by atoms with Crippen LogP contribution in [0, 0.1) is 20.8 Å². The molecule has 3 rings (SSSR count). The van der Waals surface area contributed by atoms with E-state index in [9.17, 15) is 4.79 Å². The zero-order valence-corrected chi connectivity index (χ0v) is 15.8. The molecule has 2 N–H and O–H groups in total. The van der Waals surface area contributed by atoms with Crippen molar-refractivity contribution in [3.8, 4) is 17.1 Å². The van der Waals surface area contributed by atoms with Crippen LogP contribution in [0.5, 0.6) is 5.75 Å². The van der Waals surface area contributed by atoms with Crippen molar-refractivity contribution in [2.45, 2.75) is 27.7 Å². The Hall–Kier alpha value is -2.60. The van der Waals surface area contributed by atoms with Crippen LogP contribution in [0.3, 0.4) is 0 Å². The van der Waals surface area contributed by atoms with Crippen molar-refractivity contribution >= 4 is 27.9 Å². The molecule has 6 heteroatoms. The first-order valence-corrected chi connectivity index (χ1v) is 8.81. The molecule has 5 nitrogen and oxygen atoms in total. The van der Waals surface area contributed by atoms with E-state index in [2.05, 4.69) is 10.3 Å². The number of anilines is 2. The molecule has 1 aromatic carbocycles. The number of carbonyl (C=O) groups excluding carboxylic acids is 1. The number of carbonyl (C=O) groups is 1. The zero-order valence-electron chi connectivity index (χ0n) is 15.0. The van der Waals surface area contributed by atoms with Crippen LogP contribution < -0.4 is 10.1 Å². The standard InChI is InChI=1S/C19H21N3O2S/c1-10-16(12(3)23)11(2)20-17(10)18-13(4)25-19(22-18)21-14-6-8-15(24-5)9-7-14/h6-9,20H,1-5H3,(H,21,22). The van der Waals surface area contributed by atoms with Crippen LogP contribution >= 0.6 is 11.3 Å². The number of hydrogen-bond donors (Lipinski definition) is 2. The van der Waals surface area contributed by atoms with Crippen molar-refractivity contribution in [2.24, 2.45) is 0 Å². The van der Waals surface area contributed by atoms with Crippen LogP contribution in [0.2, 0.25) is 0 Å². The third-order valence-corrected chi connectivity index (χ3v) is 5.05. The highest BCUT2D eigenvalue weighted by atomic mass is 32.1. The van der Waals surface area contributed by atoms with Crippen LogP contribution in [0.15, 0.2) is 24.3 Å². The molecule has 0 fully saturated rings. The summed E-state index contributed by atoms with van der Waals surface area (Å²) in [6.07, 6.45) is 0. The summed E-state index contributed by atoms with van der Waals surface area (Å²) in [5.74, 6) is 0.887. The van der Waals surface area contributed by atoms with E-state index in [4.69, 9.17) is 9.72 Å². The normalized spacial score (nSPS) is 10.8. The molecule has 0 saturated heterocycles. The van der Waals surface area contributed by atoms with Crippen molar-refractivity contribution in [2.75, 3.05) is 12.4 Å². The first-order chi connectivity index (χ1) is 11.9. The SMILES string of the molecule is COc1ccc(Nc2nc(-c3[nH]c(C)c(C(C)=O)c3C)c(C)s2)cc1. The molecule has 3 aromatic rings. The summed E-state index contributed by atoms with van der Waals surface area (Å²) in [4.78, 5) is 21.0. The van der Waals surface area contributed by atoms with Crippen LogP contribution in [-0.2, 0) is 0 Å². The van der Waals surface area contributed by atoms with Gasteiger partial charge in [0.15, 0.2) is 10.9 Å². The number of nitrogens with one attached hydrogen (secondary N) is 2. The molecule has 0 aliphatic rings. The largest absolute Gasteiger partial charge is 0.497 e. The van der Waals surface area contributed by atoms with E-state index in [1.165, 1.54) is 0 Å². The van der Waals surface area contributed by atoms with Crippen molar-refractivity contribution in [3.63, 3.8) is 0 Å². The highest BCUT2D eigenvalue weighted by Gasteiger charge is 2.20. The van der Waals surface area contributed by atoms with E-state index < -0.39 is 0 Å². The maximum Gasteiger partial charge on any atom is 0.188 e. The number of aromatic nitrogens is 2. The van der Waals surface area contributed by atoms with Crippen molar-refractivity contribution in [3.05, 3.63) is 46.0 Å². The Balaban J connectivity index is 1.92. The number of aromatic amines is 1. The van der Waals surface area contributed by atoms with Gasteiger partial charge >= 0.3 is 0 Å². The summed E-state index contributed by atoms with van der Waals surface area (Å²) < 4.78 is 5.17. The van der Waals surface area contributed by atoms with Crippen LogP contribution in [0.4, 0.5) is 10.8 Å². The van der Waals surface area contributed by atoms with Crippen LogP contribution in [0.1, 0.15) is 33.4 Å². The summed E-state index contributed by atoms with van der Waals surface area (Å²) in [5.41, 5.74) is 5.34. The number of rotatable bonds is 5. The van der Waals surface area contributed by atoms with Gasteiger partial charge in [0.1, 0.15) is 11.4 Å². The molecule has 0 radical (unpaired) electrons. The fourth-order valence-electron chi connectivity index (χ4n) is 2.99. The summed E-state index contributed by atoms with van der Waals surface area (Å²) in [7, 11) is 1.65. The second kappa shape index (κ2) is 6.72. The molecule has 25 heavy (non-hydrogen) atoms. The molecule has 0 unspecified atom stereocenters. The molecule has 0 amide bonds. The third kappa shape index (κ3) is 3.30. The summed E-state index contributed by atoms with van der Waals surface area (Å²) in [6, 6.07) is 7.71. The molecule has 0 saturated carbocycles. The van der Waals surface area contributed by atoms with E-state index in [1.807, 2.05) is 45.0 Å². The second-order valence-electron chi connectivity index (χ2n) is 5.96. The minimum Gasteiger partial charge on any atom is -0.497 e. The fourth-order valence-corrected chi connectivity index (χ4v) is 3.83. The van der Waals surface area contributed by atoms with Gasteiger partial charge in [0, 0.05) is 21.8 Å². The van der Waals surface area contributed by atoms with Crippen LogP contribution in [-0.4, -0.2) is 22.9 Å². The monoisotopic (exact) mass is 355 g/mol. The fraction of sp³-hybridized carbons (Fsp3) is 0.263. The van der Waals surface area contributed by atoms with Crippen LogP contribution in [0.25, 0.3) is 11.4 Å². The molecule has 0 bridgehead atoms. The van der Waals surface area contributed by atoms with Gasteiger partial charge in [0.25, 0.3) is 0 Å². The van der Waals surface area contributed by atoms with Gasteiger partial charge in [-0.25, -0.2) is 4.98 Å². The van der Waals surface area contributed by atoms with E-state index in [0.717, 1.165) is 49.7 Å². The second-order valence-corrected chi connectivity index (χ2v) is 7.16. The number of ketones is 1. The zero-order chi connectivity index (χ0) is 18.1. The third-order valence-electron chi connectivity index (χ3n) is 4.16. The number of H-pyrrole nitrogens is 1.